The summed E-state index contributed by atoms with van der Waals surface area (Å²) in [5.41, 5.74) is 0. The van der Waals surface area contributed by atoms with E-state index in [9.17, 15) is 8.42 Å². The van der Waals surface area contributed by atoms with E-state index in [0.29, 0.717) is 24.7 Å². The molecule has 0 aromatic carbocycles. The Hall–Kier alpha value is -0.950. The predicted molar refractivity (Wildman–Crippen MR) is 69.8 cm³/mol. The van der Waals surface area contributed by atoms with Crippen molar-refractivity contribution >= 4 is 9.84 Å². The van der Waals surface area contributed by atoms with Crippen LogP contribution in [0.1, 0.15) is 49.2 Å². The molecule has 1 N–H and O–H groups in total. The van der Waals surface area contributed by atoms with E-state index >= 15 is 0 Å². The Morgan fingerprint density at radius 1 is 1.16 bits per heavy atom. The van der Waals surface area contributed by atoms with E-state index < -0.39 is 9.84 Å². The van der Waals surface area contributed by atoms with Gasteiger partial charge in [0.2, 0.25) is 5.89 Å². The van der Waals surface area contributed by atoms with Crippen LogP contribution in [0.4, 0.5) is 0 Å². The summed E-state index contributed by atoms with van der Waals surface area (Å²) >= 11 is 0. The van der Waals surface area contributed by atoms with Gasteiger partial charge in [0.25, 0.3) is 0 Å². The molecule has 1 atom stereocenters. The third-order valence-corrected chi connectivity index (χ3v) is 5.74. The summed E-state index contributed by atoms with van der Waals surface area (Å²) in [6.45, 7) is 1.96. The molecule has 2 fully saturated rings. The Bertz CT molecular complexity index is 520. The summed E-state index contributed by atoms with van der Waals surface area (Å²) in [6.07, 6.45) is 3.43. The second-order valence-electron chi connectivity index (χ2n) is 5.46. The zero-order chi connectivity index (χ0) is 13.3. The van der Waals surface area contributed by atoms with Crippen LogP contribution in [-0.4, -0.2) is 43.2 Å². The maximum absolute atomic E-state index is 11.4. The largest absolute Gasteiger partial charge is 0.339 e. The molecule has 1 unspecified atom stereocenters. The van der Waals surface area contributed by atoms with Crippen molar-refractivity contribution in [1.82, 2.24) is 15.5 Å². The molecule has 1 aromatic rings. The molecular weight excluding hydrogens is 266 g/mol. The van der Waals surface area contributed by atoms with E-state index in [4.69, 9.17) is 4.52 Å². The lowest BCUT2D eigenvalue weighted by molar-refractivity contribution is 0.334. The second kappa shape index (κ2) is 5.20. The van der Waals surface area contributed by atoms with Gasteiger partial charge < -0.3 is 9.84 Å². The SMILES string of the molecule is O=S1(=O)CCC(c2nc(C3CCCNC3)no2)CC1. The number of nitrogens with one attached hydrogen (secondary N) is 1. The second-order valence-corrected chi connectivity index (χ2v) is 7.76. The Kier molecular flexibility index (Phi) is 3.58. The lowest BCUT2D eigenvalue weighted by atomic mass is 9.99. The van der Waals surface area contributed by atoms with Crippen molar-refractivity contribution in [3.63, 3.8) is 0 Å². The molecule has 2 aliphatic rings. The van der Waals surface area contributed by atoms with Crippen molar-refractivity contribution in [3.05, 3.63) is 11.7 Å². The van der Waals surface area contributed by atoms with Gasteiger partial charge >= 0.3 is 0 Å². The summed E-state index contributed by atoms with van der Waals surface area (Å²) in [5.74, 6) is 2.31. The highest BCUT2D eigenvalue weighted by atomic mass is 32.2. The van der Waals surface area contributed by atoms with Gasteiger partial charge in [0, 0.05) is 18.4 Å². The molecule has 2 saturated heterocycles. The number of sulfone groups is 1. The smallest absolute Gasteiger partial charge is 0.229 e. The molecule has 2 aliphatic heterocycles. The van der Waals surface area contributed by atoms with Crippen LogP contribution < -0.4 is 5.32 Å². The number of nitrogens with zero attached hydrogens (tertiary/aromatic N) is 2. The van der Waals surface area contributed by atoms with Gasteiger partial charge in [-0.3, -0.25) is 0 Å². The Morgan fingerprint density at radius 3 is 2.63 bits per heavy atom. The normalized spacial score (nSPS) is 28.3. The third kappa shape index (κ3) is 2.97. The first kappa shape index (κ1) is 13.1. The number of piperidine rings is 1. The van der Waals surface area contributed by atoms with E-state index in [2.05, 4.69) is 15.5 Å². The first-order chi connectivity index (χ1) is 9.14. The molecular formula is C12H19N3O3S. The molecule has 0 bridgehead atoms. The van der Waals surface area contributed by atoms with E-state index in [0.717, 1.165) is 31.8 Å². The average molecular weight is 285 g/mol. The molecule has 0 spiro atoms. The van der Waals surface area contributed by atoms with Gasteiger partial charge in [0.1, 0.15) is 9.84 Å². The topological polar surface area (TPSA) is 85.1 Å². The molecule has 19 heavy (non-hydrogen) atoms. The molecule has 6 nitrogen and oxygen atoms in total. The van der Waals surface area contributed by atoms with E-state index in [1.807, 2.05) is 0 Å². The average Bonchev–Trinajstić information content (AvgIpc) is 2.89. The highest BCUT2D eigenvalue weighted by Crippen LogP contribution is 2.29. The minimum Gasteiger partial charge on any atom is -0.339 e. The molecule has 7 heteroatoms. The van der Waals surface area contributed by atoms with Gasteiger partial charge in [-0.05, 0) is 32.2 Å². The third-order valence-electron chi connectivity index (χ3n) is 4.02. The summed E-state index contributed by atoms with van der Waals surface area (Å²) in [5, 5.41) is 7.41. The van der Waals surface area contributed by atoms with Gasteiger partial charge in [-0.2, -0.15) is 4.98 Å². The van der Waals surface area contributed by atoms with Gasteiger partial charge in [-0.25, -0.2) is 8.42 Å². The zero-order valence-corrected chi connectivity index (χ0v) is 11.7. The van der Waals surface area contributed by atoms with Crippen LogP contribution in [-0.2, 0) is 9.84 Å². The van der Waals surface area contributed by atoms with Crippen molar-refractivity contribution in [1.29, 1.82) is 0 Å². The van der Waals surface area contributed by atoms with Gasteiger partial charge in [-0.15, -0.1) is 0 Å². The van der Waals surface area contributed by atoms with Crippen LogP contribution in [0.2, 0.25) is 0 Å². The van der Waals surface area contributed by atoms with Crippen molar-refractivity contribution in [3.8, 4) is 0 Å². The van der Waals surface area contributed by atoms with Gasteiger partial charge in [0.05, 0.1) is 11.5 Å². The van der Waals surface area contributed by atoms with Crippen LogP contribution >= 0.6 is 0 Å². The fourth-order valence-corrected chi connectivity index (χ4v) is 4.28. The van der Waals surface area contributed by atoms with Gasteiger partial charge in [-0.1, -0.05) is 5.16 Å². The van der Waals surface area contributed by atoms with Crippen LogP contribution in [0.15, 0.2) is 4.52 Å². The number of aromatic nitrogens is 2. The molecule has 0 amide bonds. The molecule has 1 aromatic heterocycles. The first-order valence-electron chi connectivity index (χ1n) is 6.89. The van der Waals surface area contributed by atoms with Crippen molar-refractivity contribution in [2.75, 3.05) is 24.6 Å². The lowest BCUT2D eigenvalue weighted by Gasteiger charge is -2.19. The van der Waals surface area contributed by atoms with E-state index in [-0.39, 0.29) is 17.4 Å². The molecule has 106 valence electrons. The monoisotopic (exact) mass is 285 g/mol. The maximum atomic E-state index is 11.4. The number of hydrogen-bond acceptors (Lipinski definition) is 6. The minimum absolute atomic E-state index is 0.112. The highest BCUT2D eigenvalue weighted by Gasteiger charge is 2.29. The summed E-state index contributed by atoms with van der Waals surface area (Å²) in [6, 6.07) is 0. The van der Waals surface area contributed by atoms with Crippen LogP contribution in [0.25, 0.3) is 0 Å². The van der Waals surface area contributed by atoms with Crippen molar-refractivity contribution in [2.45, 2.75) is 37.5 Å². The quantitative estimate of drug-likeness (QED) is 0.866. The van der Waals surface area contributed by atoms with Gasteiger partial charge in [0.15, 0.2) is 5.82 Å². The zero-order valence-electron chi connectivity index (χ0n) is 10.8. The van der Waals surface area contributed by atoms with Crippen LogP contribution in [0, 0.1) is 0 Å². The number of hydrogen-bond donors (Lipinski definition) is 1. The maximum Gasteiger partial charge on any atom is 0.229 e. The fourth-order valence-electron chi connectivity index (χ4n) is 2.79. The lowest BCUT2D eigenvalue weighted by Crippen LogP contribution is -2.29. The Labute approximate surface area is 112 Å². The van der Waals surface area contributed by atoms with E-state index in [1.165, 1.54) is 0 Å². The standard InChI is InChI=1S/C12H19N3O3S/c16-19(17)6-3-9(4-7-19)12-14-11(15-18-12)10-2-1-5-13-8-10/h9-10,13H,1-8H2. The Balaban J connectivity index is 1.68. The molecule has 0 radical (unpaired) electrons. The molecule has 3 rings (SSSR count). The summed E-state index contributed by atoms with van der Waals surface area (Å²) < 4.78 is 28.2. The van der Waals surface area contributed by atoms with Crippen LogP contribution in [0.5, 0.6) is 0 Å². The van der Waals surface area contributed by atoms with Crippen molar-refractivity contribution < 1.29 is 12.9 Å². The van der Waals surface area contributed by atoms with E-state index in [1.54, 1.807) is 0 Å². The number of rotatable bonds is 2. The van der Waals surface area contributed by atoms with Crippen molar-refractivity contribution in [2.24, 2.45) is 0 Å². The predicted octanol–water partition coefficient (Wildman–Crippen LogP) is 0.829. The highest BCUT2D eigenvalue weighted by molar-refractivity contribution is 7.91. The fraction of sp³-hybridized carbons (Fsp3) is 0.833. The molecule has 0 saturated carbocycles. The Morgan fingerprint density at radius 2 is 1.95 bits per heavy atom. The summed E-state index contributed by atoms with van der Waals surface area (Å²) in [7, 11) is -2.84. The van der Waals surface area contributed by atoms with Crippen LogP contribution in [0.3, 0.4) is 0 Å². The molecule has 3 heterocycles. The molecule has 0 aliphatic carbocycles. The summed E-state index contributed by atoms with van der Waals surface area (Å²) in [4.78, 5) is 4.49. The first-order valence-corrected chi connectivity index (χ1v) is 8.71. The minimum atomic E-state index is -2.84.